The Kier molecular flexibility index (Phi) is 6.25. The fraction of sp³-hybridized carbons (Fsp3) is 0.389. The highest BCUT2D eigenvalue weighted by molar-refractivity contribution is 5.95. The summed E-state index contributed by atoms with van der Waals surface area (Å²) in [6.07, 6.45) is 0. The molecule has 0 aliphatic heterocycles. The van der Waals surface area contributed by atoms with E-state index in [0.29, 0.717) is 5.75 Å². The maximum absolute atomic E-state index is 10.1. The lowest BCUT2D eigenvalue weighted by atomic mass is 9.93. The zero-order valence-corrected chi connectivity index (χ0v) is 14.4. The van der Waals surface area contributed by atoms with E-state index in [1.54, 1.807) is 20.3 Å². The molecule has 5 nitrogen and oxygen atoms in total. The molecule has 2 aromatic rings. The second-order valence-corrected chi connectivity index (χ2v) is 5.58. The first-order valence-electron chi connectivity index (χ1n) is 7.30. The van der Waals surface area contributed by atoms with Gasteiger partial charge in [-0.25, -0.2) is 0 Å². The van der Waals surface area contributed by atoms with Crippen molar-refractivity contribution in [2.24, 2.45) is 0 Å². The van der Waals surface area contributed by atoms with Gasteiger partial charge in [0.05, 0.1) is 14.2 Å². The molecule has 126 valence electrons. The van der Waals surface area contributed by atoms with Crippen LogP contribution in [0.1, 0.15) is 37.8 Å². The molecule has 0 aliphatic rings. The van der Waals surface area contributed by atoms with Gasteiger partial charge in [-0.1, -0.05) is 19.9 Å². The zero-order chi connectivity index (χ0) is 17.7. The van der Waals surface area contributed by atoms with Gasteiger partial charge in [-0.3, -0.25) is 4.79 Å². The third-order valence-electron chi connectivity index (χ3n) is 3.34. The van der Waals surface area contributed by atoms with Crippen molar-refractivity contribution in [1.82, 2.24) is 0 Å². The van der Waals surface area contributed by atoms with Crippen LogP contribution in [0.5, 0.6) is 17.2 Å². The molecule has 5 heteroatoms. The first-order chi connectivity index (χ1) is 10.7. The van der Waals surface area contributed by atoms with E-state index >= 15 is 0 Å². The van der Waals surface area contributed by atoms with Gasteiger partial charge in [0.15, 0.2) is 11.5 Å². The number of ether oxygens (including phenoxy) is 2. The first kappa shape index (κ1) is 18.6. The third-order valence-corrected chi connectivity index (χ3v) is 3.34. The van der Waals surface area contributed by atoms with Crippen molar-refractivity contribution < 1.29 is 24.5 Å². The number of fused-ring (bicyclic) bond motifs is 1. The lowest BCUT2D eigenvalue weighted by Crippen LogP contribution is -1.99. The van der Waals surface area contributed by atoms with E-state index in [-0.39, 0.29) is 11.7 Å². The number of aryl methyl sites for hydroxylation is 1. The summed E-state index contributed by atoms with van der Waals surface area (Å²) in [4.78, 5) is 9.00. The number of carboxylic acids is 1. The number of hydrogen-bond acceptors (Lipinski definition) is 4. The number of aromatic hydroxyl groups is 1. The summed E-state index contributed by atoms with van der Waals surface area (Å²) in [5, 5.41) is 19.4. The molecule has 0 aliphatic carbocycles. The molecular weight excluding hydrogens is 296 g/mol. The average molecular weight is 320 g/mol. The molecule has 0 heterocycles. The monoisotopic (exact) mass is 320 g/mol. The molecule has 0 radical (unpaired) electrons. The highest BCUT2D eigenvalue weighted by Crippen LogP contribution is 2.44. The van der Waals surface area contributed by atoms with E-state index < -0.39 is 5.97 Å². The van der Waals surface area contributed by atoms with Gasteiger partial charge in [0, 0.05) is 17.9 Å². The minimum absolute atomic E-state index is 0.272. The van der Waals surface area contributed by atoms with Gasteiger partial charge in [-0.15, -0.1) is 0 Å². The van der Waals surface area contributed by atoms with Crippen molar-refractivity contribution in [2.75, 3.05) is 14.2 Å². The topological polar surface area (TPSA) is 76.0 Å². The molecule has 2 aromatic carbocycles. The van der Waals surface area contributed by atoms with Crippen LogP contribution in [0.2, 0.25) is 0 Å². The maximum atomic E-state index is 10.1. The Hall–Kier alpha value is -2.43. The molecule has 0 saturated carbocycles. The Morgan fingerprint density at radius 2 is 1.65 bits per heavy atom. The van der Waals surface area contributed by atoms with E-state index in [2.05, 4.69) is 19.9 Å². The predicted octanol–water partition coefficient (Wildman–Crippen LogP) is 4.09. The van der Waals surface area contributed by atoms with Gasteiger partial charge in [-0.05, 0) is 35.9 Å². The molecule has 0 spiro atoms. The highest BCUT2D eigenvalue weighted by Gasteiger charge is 2.19. The Morgan fingerprint density at radius 3 is 2.09 bits per heavy atom. The highest BCUT2D eigenvalue weighted by atomic mass is 16.5. The number of phenols is 1. The number of carboxylic acid groups (broad SMARTS) is 1. The molecule has 0 saturated heterocycles. The molecule has 0 bridgehead atoms. The van der Waals surface area contributed by atoms with E-state index in [0.717, 1.165) is 34.6 Å². The molecule has 0 aromatic heterocycles. The first-order valence-corrected chi connectivity index (χ1v) is 7.30. The average Bonchev–Trinajstić information content (AvgIpc) is 2.44. The zero-order valence-electron chi connectivity index (χ0n) is 14.4. The van der Waals surface area contributed by atoms with Crippen molar-refractivity contribution in [3.05, 3.63) is 29.3 Å². The van der Waals surface area contributed by atoms with Gasteiger partial charge < -0.3 is 19.7 Å². The summed E-state index contributed by atoms with van der Waals surface area (Å²) in [6.45, 7) is 7.27. The number of carbonyl (C=O) groups is 1. The number of rotatable bonds is 3. The Morgan fingerprint density at radius 1 is 1.09 bits per heavy atom. The minimum atomic E-state index is -0.833. The lowest BCUT2D eigenvalue weighted by molar-refractivity contribution is -0.134. The van der Waals surface area contributed by atoms with Crippen LogP contribution >= 0.6 is 0 Å². The molecular formula is C18H24O5. The van der Waals surface area contributed by atoms with Gasteiger partial charge >= 0.3 is 0 Å². The predicted molar refractivity (Wildman–Crippen MR) is 90.9 cm³/mol. The van der Waals surface area contributed by atoms with Crippen LogP contribution < -0.4 is 9.47 Å². The summed E-state index contributed by atoms with van der Waals surface area (Å²) in [5.41, 5.74) is 2.09. The lowest BCUT2D eigenvalue weighted by Gasteiger charge is -2.19. The van der Waals surface area contributed by atoms with E-state index in [9.17, 15) is 5.11 Å². The Bertz CT molecular complexity index is 700. The fourth-order valence-corrected chi connectivity index (χ4v) is 2.54. The van der Waals surface area contributed by atoms with Crippen molar-refractivity contribution in [3.63, 3.8) is 0 Å². The second-order valence-electron chi connectivity index (χ2n) is 5.58. The van der Waals surface area contributed by atoms with Crippen LogP contribution in [0, 0.1) is 6.92 Å². The van der Waals surface area contributed by atoms with Crippen molar-refractivity contribution in [1.29, 1.82) is 0 Å². The molecule has 0 fully saturated rings. The van der Waals surface area contributed by atoms with Gasteiger partial charge in [-0.2, -0.15) is 0 Å². The maximum Gasteiger partial charge on any atom is 0.300 e. The number of benzene rings is 2. The number of phenolic OH excluding ortho intramolecular Hbond substituents is 1. The van der Waals surface area contributed by atoms with Gasteiger partial charge in [0.2, 0.25) is 0 Å². The van der Waals surface area contributed by atoms with Crippen LogP contribution in [-0.4, -0.2) is 30.4 Å². The smallest absolute Gasteiger partial charge is 0.300 e. The standard InChI is InChI=1S/C16H20O3.C2H4O2/c1-9(2)15-12-6-10(3)7-13(17)11(12)8-14(18-4)16(15)19-5;1-2(3)4/h6-9,17H,1-5H3;1H3,(H,3,4). The molecule has 0 amide bonds. The molecule has 2 N–H and O–H groups in total. The molecule has 0 atom stereocenters. The fourth-order valence-electron chi connectivity index (χ4n) is 2.54. The second kappa shape index (κ2) is 7.72. The summed E-state index contributed by atoms with van der Waals surface area (Å²) in [6, 6.07) is 5.67. The normalized spacial score (nSPS) is 10.2. The van der Waals surface area contributed by atoms with Crippen LogP contribution in [0.4, 0.5) is 0 Å². The quantitative estimate of drug-likeness (QED) is 0.891. The van der Waals surface area contributed by atoms with Crippen molar-refractivity contribution in [3.8, 4) is 17.2 Å². The van der Waals surface area contributed by atoms with E-state index in [1.165, 1.54) is 0 Å². The number of aliphatic carboxylic acids is 1. The molecule has 2 rings (SSSR count). The number of hydrogen-bond donors (Lipinski definition) is 2. The number of methoxy groups -OCH3 is 2. The van der Waals surface area contributed by atoms with E-state index in [1.807, 2.05) is 13.0 Å². The SMILES string of the molecule is CC(=O)O.COc1cc2c(O)cc(C)cc2c(C(C)C)c1OC. The van der Waals surface area contributed by atoms with Crippen LogP contribution in [0.25, 0.3) is 10.8 Å². The third kappa shape index (κ3) is 4.28. The van der Waals surface area contributed by atoms with Crippen molar-refractivity contribution in [2.45, 2.75) is 33.6 Å². The van der Waals surface area contributed by atoms with E-state index in [4.69, 9.17) is 19.4 Å². The minimum Gasteiger partial charge on any atom is -0.507 e. The largest absolute Gasteiger partial charge is 0.507 e. The Labute approximate surface area is 136 Å². The van der Waals surface area contributed by atoms with Crippen LogP contribution in [-0.2, 0) is 4.79 Å². The van der Waals surface area contributed by atoms with Gasteiger partial charge in [0.1, 0.15) is 5.75 Å². The van der Waals surface area contributed by atoms with Gasteiger partial charge in [0.25, 0.3) is 5.97 Å². The summed E-state index contributed by atoms with van der Waals surface area (Å²) >= 11 is 0. The summed E-state index contributed by atoms with van der Waals surface area (Å²) < 4.78 is 10.9. The molecule has 0 unspecified atom stereocenters. The van der Waals surface area contributed by atoms with Crippen molar-refractivity contribution >= 4 is 16.7 Å². The van der Waals surface area contributed by atoms with Crippen LogP contribution in [0.3, 0.4) is 0 Å². The molecule has 23 heavy (non-hydrogen) atoms. The van der Waals surface area contributed by atoms with Crippen LogP contribution in [0.15, 0.2) is 18.2 Å². The summed E-state index contributed by atoms with van der Waals surface area (Å²) in [7, 11) is 3.25. The summed E-state index contributed by atoms with van der Waals surface area (Å²) in [5.74, 6) is 1.11. The Balaban J connectivity index is 0.000000593.